The number of quaternary nitrogens is 1. The first-order valence-corrected chi connectivity index (χ1v) is 8.10. The molecule has 6 nitrogen and oxygen atoms in total. The van der Waals surface area contributed by atoms with Crippen LogP contribution in [0.4, 0.5) is 0 Å². The van der Waals surface area contributed by atoms with E-state index >= 15 is 0 Å². The number of nitrogens with one attached hydrogen (secondary N) is 1. The summed E-state index contributed by atoms with van der Waals surface area (Å²) in [6.45, 7) is 3.15. The molecule has 1 aromatic rings. The number of primary amides is 1. The Morgan fingerprint density at radius 1 is 1.43 bits per heavy atom. The van der Waals surface area contributed by atoms with Crippen molar-refractivity contribution >= 4 is 5.91 Å². The standard InChI is InChI=1S/C17H26N2O4/c1-22-16-4-2-3-13(9-16)11-23-12-15(20)10-19-7-5-14(6-8-19)17(18)21/h2-4,9,14-15,20H,5-8,10-12H2,1H3,(H2,18,21)/p+1/t15-/m1/s1. The fourth-order valence-electron chi connectivity index (χ4n) is 2.98. The van der Waals surface area contributed by atoms with Crippen LogP contribution < -0.4 is 15.4 Å². The highest BCUT2D eigenvalue weighted by molar-refractivity contribution is 5.76. The number of hydrogen-bond acceptors (Lipinski definition) is 4. The quantitative estimate of drug-likeness (QED) is 0.594. The molecule has 1 aliphatic rings. The van der Waals surface area contributed by atoms with Gasteiger partial charge in [0.1, 0.15) is 18.4 Å². The number of ether oxygens (including phenoxy) is 2. The van der Waals surface area contributed by atoms with Crippen LogP contribution in [0.25, 0.3) is 0 Å². The van der Waals surface area contributed by atoms with Crippen molar-refractivity contribution in [2.24, 2.45) is 11.7 Å². The normalized spacial score (nSPS) is 22.5. The van der Waals surface area contributed by atoms with Crippen LogP contribution in [-0.2, 0) is 16.1 Å². The Balaban J connectivity index is 1.65. The number of likely N-dealkylation sites (tertiary alicyclic amines) is 1. The Hall–Kier alpha value is -1.63. The molecule has 0 aliphatic carbocycles. The molecule has 1 atom stereocenters. The summed E-state index contributed by atoms with van der Waals surface area (Å²) in [7, 11) is 1.63. The topological polar surface area (TPSA) is 86.2 Å². The summed E-state index contributed by atoms with van der Waals surface area (Å²) in [4.78, 5) is 12.4. The van der Waals surface area contributed by atoms with Crippen LogP contribution >= 0.6 is 0 Å². The van der Waals surface area contributed by atoms with Gasteiger partial charge < -0.3 is 25.2 Å². The van der Waals surface area contributed by atoms with Gasteiger partial charge in [0.2, 0.25) is 5.91 Å². The van der Waals surface area contributed by atoms with Crippen molar-refractivity contribution in [2.75, 3.05) is 33.4 Å². The van der Waals surface area contributed by atoms with Gasteiger partial charge in [0.25, 0.3) is 0 Å². The van der Waals surface area contributed by atoms with Crippen LogP contribution in [0.2, 0.25) is 0 Å². The first-order valence-electron chi connectivity index (χ1n) is 8.10. The number of rotatable bonds is 8. The minimum absolute atomic E-state index is 0.000189. The van der Waals surface area contributed by atoms with E-state index in [1.54, 1.807) is 7.11 Å². The molecule has 0 aromatic heterocycles. The summed E-state index contributed by atoms with van der Waals surface area (Å²) in [6, 6.07) is 7.69. The highest BCUT2D eigenvalue weighted by atomic mass is 16.5. The number of benzene rings is 1. The Bertz CT molecular complexity index is 501. The summed E-state index contributed by atoms with van der Waals surface area (Å²) in [5, 5.41) is 10.1. The largest absolute Gasteiger partial charge is 0.497 e. The fraction of sp³-hybridized carbons (Fsp3) is 0.588. The molecule has 1 aliphatic heterocycles. The van der Waals surface area contributed by atoms with Gasteiger partial charge >= 0.3 is 0 Å². The van der Waals surface area contributed by atoms with Gasteiger partial charge in [0.15, 0.2) is 0 Å². The van der Waals surface area contributed by atoms with Gasteiger partial charge in [-0.15, -0.1) is 0 Å². The minimum atomic E-state index is -0.499. The zero-order chi connectivity index (χ0) is 16.7. The van der Waals surface area contributed by atoms with E-state index in [0.717, 1.165) is 37.2 Å². The molecule has 1 fully saturated rings. The first kappa shape index (κ1) is 17.7. The maximum atomic E-state index is 11.1. The van der Waals surface area contributed by atoms with Gasteiger partial charge in [-0.05, 0) is 17.7 Å². The minimum Gasteiger partial charge on any atom is -0.497 e. The van der Waals surface area contributed by atoms with Crippen LogP contribution in [0.15, 0.2) is 24.3 Å². The lowest BCUT2D eigenvalue weighted by molar-refractivity contribution is -0.908. The lowest BCUT2D eigenvalue weighted by Crippen LogP contribution is -3.14. The number of aliphatic hydroxyl groups excluding tert-OH is 1. The van der Waals surface area contributed by atoms with Crippen molar-refractivity contribution in [3.63, 3.8) is 0 Å². The predicted molar refractivity (Wildman–Crippen MR) is 86.1 cm³/mol. The molecule has 0 bridgehead atoms. The van der Waals surface area contributed by atoms with Gasteiger partial charge in [0.05, 0.1) is 33.4 Å². The second-order valence-corrected chi connectivity index (χ2v) is 6.15. The zero-order valence-electron chi connectivity index (χ0n) is 13.7. The molecule has 0 spiro atoms. The fourth-order valence-corrected chi connectivity index (χ4v) is 2.98. The molecule has 23 heavy (non-hydrogen) atoms. The maximum absolute atomic E-state index is 11.1. The molecular formula is C17H27N2O4+. The number of aliphatic hydroxyl groups is 1. The van der Waals surface area contributed by atoms with Crippen molar-refractivity contribution in [1.29, 1.82) is 0 Å². The smallest absolute Gasteiger partial charge is 0.220 e. The average molecular weight is 323 g/mol. The molecule has 2 rings (SSSR count). The molecule has 0 unspecified atom stereocenters. The van der Waals surface area contributed by atoms with E-state index in [1.807, 2.05) is 24.3 Å². The molecule has 0 saturated carbocycles. The third-order valence-electron chi connectivity index (χ3n) is 4.33. The molecule has 1 aromatic carbocycles. The van der Waals surface area contributed by atoms with E-state index in [-0.39, 0.29) is 11.8 Å². The molecule has 1 saturated heterocycles. The Morgan fingerprint density at radius 3 is 2.83 bits per heavy atom. The molecule has 1 amide bonds. The van der Waals surface area contributed by atoms with Gasteiger partial charge in [-0.2, -0.15) is 0 Å². The van der Waals surface area contributed by atoms with Crippen molar-refractivity contribution < 1.29 is 24.3 Å². The SMILES string of the molecule is COc1cccc(COC[C@H](O)C[NH+]2CCC(C(N)=O)CC2)c1. The Kier molecular flexibility index (Phi) is 6.83. The summed E-state index contributed by atoms with van der Waals surface area (Å²) < 4.78 is 10.8. The third kappa shape index (κ3) is 5.82. The van der Waals surface area contributed by atoms with E-state index in [4.69, 9.17) is 15.2 Å². The van der Waals surface area contributed by atoms with Crippen molar-refractivity contribution in [2.45, 2.75) is 25.6 Å². The highest BCUT2D eigenvalue weighted by Gasteiger charge is 2.27. The molecule has 0 radical (unpaired) electrons. The Labute approximate surface area is 137 Å². The van der Waals surface area contributed by atoms with E-state index in [0.29, 0.717) is 19.8 Å². The zero-order valence-corrected chi connectivity index (χ0v) is 13.7. The van der Waals surface area contributed by atoms with E-state index in [9.17, 15) is 9.90 Å². The summed E-state index contributed by atoms with van der Waals surface area (Å²) >= 11 is 0. The third-order valence-corrected chi connectivity index (χ3v) is 4.33. The molecule has 128 valence electrons. The molecule has 6 heteroatoms. The monoisotopic (exact) mass is 323 g/mol. The summed E-state index contributed by atoms with van der Waals surface area (Å²) in [5.74, 6) is 0.597. The second kappa shape index (κ2) is 8.86. The maximum Gasteiger partial charge on any atom is 0.220 e. The number of hydrogen-bond donors (Lipinski definition) is 3. The van der Waals surface area contributed by atoms with Crippen LogP contribution in [0, 0.1) is 5.92 Å². The van der Waals surface area contributed by atoms with Crippen LogP contribution in [0.1, 0.15) is 18.4 Å². The van der Waals surface area contributed by atoms with Gasteiger partial charge in [-0.1, -0.05) is 12.1 Å². The number of methoxy groups -OCH3 is 1. The molecule has 1 heterocycles. The second-order valence-electron chi connectivity index (χ2n) is 6.15. The number of carbonyl (C=O) groups is 1. The highest BCUT2D eigenvalue weighted by Crippen LogP contribution is 2.13. The average Bonchev–Trinajstić information content (AvgIpc) is 2.55. The number of piperidine rings is 1. The lowest BCUT2D eigenvalue weighted by atomic mass is 9.96. The predicted octanol–water partition coefficient (Wildman–Crippen LogP) is -0.647. The van der Waals surface area contributed by atoms with Crippen LogP contribution in [0.3, 0.4) is 0 Å². The summed E-state index contributed by atoms with van der Waals surface area (Å²) in [5.41, 5.74) is 6.35. The van der Waals surface area contributed by atoms with Crippen molar-refractivity contribution in [3.8, 4) is 5.75 Å². The van der Waals surface area contributed by atoms with Gasteiger partial charge in [0, 0.05) is 18.8 Å². The van der Waals surface area contributed by atoms with Crippen LogP contribution in [-0.4, -0.2) is 50.5 Å². The summed E-state index contributed by atoms with van der Waals surface area (Å²) in [6.07, 6.45) is 1.12. The van der Waals surface area contributed by atoms with Gasteiger partial charge in [-0.3, -0.25) is 4.79 Å². The van der Waals surface area contributed by atoms with Crippen LogP contribution in [0.5, 0.6) is 5.75 Å². The number of carbonyl (C=O) groups excluding carboxylic acids is 1. The number of amides is 1. The van der Waals surface area contributed by atoms with Gasteiger partial charge in [-0.25, -0.2) is 0 Å². The van der Waals surface area contributed by atoms with E-state index < -0.39 is 6.10 Å². The Morgan fingerprint density at radius 2 is 2.17 bits per heavy atom. The van der Waals surface area contributed by atoms with Crippen molar-refractivity contribution in [1.82, 2.24) is 0 Å². The van der Waals surface area contributed by atoms with E-state index in [1.165, 1.54) is 4.90 Å². The molecular weight excluding hydrogens is 296 g/mol. The first-order chi connectivity index (χ1) is 11.1. The molecule has 4 N–H and O–H groups in total. The number of nitrogens with two attached hydrogens (primary N) is 1. The van der Waals surface area contributed by atoms with Crippen molar-refractivity contribution in [3.05, 3.63) is 29.8 Å². The lowest BCUT2D eigenvalue weighted by Gasteiger charge is -2.29. The van der Waals surface area contributed by atoms with E-state index in [2.05, 4.69) is 0 Å².